The van der Waals surface area contributed by atoms with Crippen molar-refractivity contribution in [2.24, 2.45) is 0 Å². The van der Waals surface area contributed by atoms with E-state index in [1.807, 2.05) is 0 Å². The number of nitrogens with one attached hydrogen (secondary N) is 1. The molecule has 0 saturated heterocycles. The van der Waals surface area contributed by atoms with E-state index in [9.17, 15) is 18.4 Å². The van der Waals surface area contributed by atoms with Crippen LogP contribution in [0.5, 0.6) is 0 Å². The van der Waals surface area contributed by atoms with E-state index in [-0.39, 0.29) is 28.9 Å². The van der Waals surface area contributed by atoms with Crippen molar-refractivity contribution in [3.05, 3.63) is 74.0 Å². The minimum Gasteiger partial charge on any atom is -0.369 e. The maximum atomic E-state index is 14.8. The molecule has 0 bridgehead atoms. The normalized spacial score (nSPS) is 12.5. The van der Waals surface area contributed by atoms with Crippen LogP contribution in [0.25, 0.3) is 10.8 Å². The molecule has 0 saturated carbocycles. The molecule has 4 rings (SSSR count). The summed E-state index contributed by atoms with van der Waals surface area (Å²) in [5.41, 5.74) is -1.55. The third-order valence-electron chi connectivity index (χ3n) is 4.54. The first kappa shape index (κ1) is 17.2. The molecular formula is C19H10ClF2N3O2. The Labute approximate surface area is 156 Å². The van der Waals surface area contributed by atoms with Gasteiger partial charge in [0, 0.05) is 24.0 Å². The lowest BCUT2D eigenvalue weighted by molar-refractivity contribution is 0.104. The Morgan fingerprint density at radius 3 is 2.56 bits per heavy atom. The smallest absolute Gasteiger partial charge is 0.263 e. The highest BCUT2D eigenvalue weighted by Crippen LogP contribution is 2.37. The van der Waals surface area contributed by atoms with Crippen LogP contribution < -0.4 is 10.9 Å². The van der Waals surface area contributed by atoms with Crippen LogP contribution in [0.2, 0.25) is 5.02 Å². The number of aromatic nitrogens is 1. The number of carbonyl (C=O) groups is 1. The van der Waals surface area contributed by atoms with Gasteiger partial charge in [-0.3, -0.25) is 14.2 Å². The predicted molar refractivity (Wildman–Crippen MR) is 96.2 cm³/mol. The van der Waals surface area contributed by atoms with Crippen LogP contribution in [0.4, 0.5) is 14.6 Å². The Morgan fingerprint density at radius 1 is 1.19 bits per heavy atom. The Kier molecular flexibility index (Phi) is 3.93. The fraction of sp³-hybridized carbons (Fsp3) is 0.105. The van der Waals surface area contributed by atoms with E-state index < -0.39 is 38.9 Å². The van der Waals surface area contributed by atoms with Gasteiger partial charge in [0.25, 0.3) is 5.56 Å². The standard InChI is InChI=1S/C19H10ClF2N3O2/c20-14-11-12(15(21)10(8-23)16(14)22)19(27)25-7-6-24-18(25)13(11)17(26)9-4-2-1-3-5-9/h1-5,24H,6-7H2. The largest absolute Gasteiger partial charge is 0.369 e. The highest BCUT2D eigenvalue weighted by atomic mass is 35.5. The average molecular weight is 386 g/mol. The number of hydrogen-bond donors (Lipinski definition) is 1. The van der Waals surface area contributed by atoms with Gasteiger partial charge in [-0.25, -0.2) is 8.78 Å². The van der Waals surface area contributed by atoms with Gasteiger partial charge in [0.1, 0.15) is 17.5 Å². The quantitative estimate of drug-likeness (QED) is 0.541. The summed E-state index contributed by atoms with van der Waals surface area (Å²) in [7, 11) is 0. The lowest BCUT2D eigenvalue weighted by Gasteiger charge is -2.15. The van der Waals surface area contributed by atoms with Gasteiger partial charge in [0.2, 0.25) is 0 Å². The molecule has 3 aromatic rings. The molecule has 1 aromatic heterocycles. The predicted octanol–water partition coefficient (Wildman–Crippen LogP) is 3.46. The van der Waals surface area contributed by atoms with Gasteiger partial charge in [-0.15, -0.1) is 0 Å². The van der Waals surface area contributed by atoms with Gasteiger partial charge in [-0.05, 0) is 0 Å². The molecule has 0 fully saturated rings. The van der Waals surface area contributed by atoms with E-state index in [1.165, 1.54) is 10.6 Å². The summed E-state index contributed by atoms with van der Waals surface area (Å²) in [4.78, 5) is 25.9. The van der Waals surface area contributed by atoms with Gasteiger partial charge in [0.05, 0.1) is 16.0 Å². The molecule has 2 aromatic carbocycles. The summed E-state index contributed by atoms with van der Waals surface area (Å²) in [6.45, 7) is 0.545. The van der Waals surface area contributed by atoms with Crippen molar-refractivity contribution in [2.45, 2.75) is 6.54 Å². The first-order chi connectivity index (χ1) is 13.0. The third kappa shape index (κ3) is 2.34. The fourth-order valence-corrected chi connectivity index (χ4v) is 3.61. The number of benzene rings is 2. The van der Waals surface area contributed by atoms with Crippen LogP contribution in [0.15, 0.2) is 35.1 Å². The number of halogens is 3. The number of nitrogens with zero attached hydrogens (tertiary/aromatic N) is 2. The number of fused-ring (bicyclic) bond motifs is 2. The molecule has 0 aliphatic carbocycles. The molecule has 0 spiro atoms. The number of anilines is 1. The Morgan fingerprint density at radius 2 is 1.89 bits per heavy atom. The molecule has 1 aliphatic heterocycles. The summed E-state index contributed by atoms with van der Waals surface area (Å²) in [5, 5.41) is 10.4. The maximum absolute atomic E-state index is 14.8. The van der Waals surface area contributed by atoms with Crippen molar-refractivity contribution in [1.29, 1.82) is 5.26 Å². The number of hydrogen-bond acceptors (Lipinski definition) is 4. The van der Waals surface area contributed by atoms with E-state index in [0.717, 1.165) is 0 Å². The second-order valence-electron chi connectivity index (χ2n) is 5.98. The Bertz CT molecular complexity index is 1230. The molecule has 0 atom stereocenters. The topological polar surface area (TPSA) is 74.9 Å². The van der Waals surface area contributed by atoms with E-state index in [4.69, 9.17) is 16.9 Å². The first-order valence-electron chi connectivity index (χ1n) is 7.98. The van der Waals surface area contributed by atoms with E-state index >= 15 is 0 Å². The number of nitriles is 1. The molecular weight excluding hydrogens is 376 g/mol. The summed E-state index contributed by atoms with van der Waals surface area (Å²) in [5.74, 6) is -2.99. The van der Waals surface area contributed by atoms with Gasteiger partial charge in [-0.1, -0.05) is 41.9 Å². The first-order valence-corrected chi connectivity index (χ1v) is 8.35. The van der Waals surface area contributed by atoms with Crippen LogP contribution in [-0.2, 0) is 6.54 Å². The summed E-state index contributed by atoms with van der Waals surface area (Å²) in [6, 6.07) is 9.51. The van der Waals surface area contributed by atoms with Crippen molar-refractivity contribution in [2.75, 3.05) is 11.9 Å². The lowest BCUT2D eigenvalue weighted by atomic mass is 9.96. The van der Waals surface area contributed by atoms with Gasteiger partial charge in [0.15, 0.2) is 17.4 Å². The van der Waals surface area contributed by atoms with Crippen LogP contribution in [-0.4, -0.2) is 16.9 Å². The van der Waals surface area contributed by atoms with Crippen LogP contribution in [0.3, 0.4) is 0 Å². The zero-order chi connectivity index (χ0) is 19.3. The minimum absolute atomic E-state index is 0.0967. The Balaban J connectivity index is 2.23. The van der Waals surface area contributed by atoms with Crippen molar-refractivity contribution in [3.8, 4) is 6.07 Å². The average Bonchev–Trinajstić information content (AvgIpc) is 3.17. The van der Waals surface area contributed by atoms with Crippen LogP contribution >= 0.6 is 11.6 Å². The molecule has 0 amide bonds. The van der Waals surface area contributed by atoms with E-state index in [2.05, 4.69) is 5.32 Å². The molecule has 8 heteroatoms. The van der Waals surface area contributed by atoms with E-state index in [0.29, 0.717) is 6.54 Å². The van der Waals surface area contributed by atoms with Gasteiger partial charge >= 0.3 is 0 Å². The minimum atomic E-state index is -1.32. The second kappa shape index (κ2) is 6.18. The van der Waals surface area contributed by atoms with Crippen molar-refractivity contribution < 1.29 is 13.6 Å². The van der Waals surface area contributed by atoms with E-state index in [1.54, 1.807) is 30.3 Å². The summed E-state index contributed by atoms with van der Waals surface area (Å²) >= 11 is 6.07. The van der Waals surface area contributed by atoms with Crippen molar-refractivity contribution in [1.82, 2.24) is 4.57 Å². The third-order valence-corrected chi connectivity index (χ3v) is 4.89. The molecule has 2 heterocycles. The second-order valence-corrected chi connectivity index (χ2v) is 6.36. The number of rotatable bonds is 2. The SMILES string of the molecule is N#Cc1c(F)c(Cl)c2c(C(=O)c3ccccc3)c3n(c(=O)c2c1F)CCN3. The lowest BCUT2D eigenvalue weighted by Crippen LogP contribution is -2.23. The maximum Gasteiger partial charge on any atom is 0.263 e. The van der Waals surface area contributed by atoms with Crippen molar-refractivity contribution >= 4 is 34.0 Å². The summed E-state index contributed by atoms with van der Waals surface area (Å²) in [6.07, 6.45) is 0. The van der Waals surface area contributed by atoms with Crippen molar-refractivity contribution in [3.63, 3.8) is 0 Å². The molecule has 0 radical (unpaired) electrons. The molecule has 5 nitrogen and oxygen atoms in total. The molecule has 1 aliphatic rings. The number of pyridine rings is 1. The monoisotopic (exact) mass is 385 g/mol. The molecule has 134 valence electrons. The fourth-order valence-electron chi connectivity index (χ4n) is 3.32. The van der Waals surface area contributed by atoms with Gasteiger partial charge in [-0.2, -0.15) is 5.26 Å². The molecule has 27 heavy (non-hydrogen) atoms. The molecule has 0 unspecified atom stereocenters. The van der Waals surface area contributed by atoms with Gasteiger partial charge < -0.3 is 5.32 Å². The highest BCUT2D eigenvalue weighted by molar-refractivity contribution is 6.38. The zero-order valence-electron chi connectivity index (χ0n) is 13.6. The summed E-state index contributed by atoms with van der Waals surface area (Å²) < 4.78 is 30.5. The number of ketones is 1. The highest BCUT2D eigenvalue weighted by Gasteiger charge is 2.31. The van der Waals surface area contributed by atoms with Crippen LogP contribution in [0, 0.1) is 23.0 Å². The van der Waals surface area contributed by atoms with Crippen LogP contribution in [0.1, 0.15) is 21.5 Å². The Hall–Kier alpha value is -3.24. The number of carbonyl (C=O) groups excluding carboxylic acids is 1. The molecule has 1 N–H and O–H groups in total. The zero-order valence-corrected chi connectivity index (χ0v) is 14.4.